The molecule has 0 aliphatic carbocycles. The second-order valence-electron chi connectivity index (χ2n) is 3.25. The number of aliphatic hydroxyl groups excluding tert-OH is 1. The third-order valence-electron chi connectivity index (χ3n) is 1.81. The topological polar surface area (TPSA) is 109 Å². The van der Waals surface area contributed by atoms with Crippen molar-refractivity contribution in [2.24, 2.45) is 11.7 Å². The van der Waals surface area contributed by atoms with Gasteiger partial charge in [0, 0.05) is 6.42 Å². The summed E-state index contributed by atoms with van der Waals surface area (Å²) in [6, 6.07) is 0. The maximum Gasteiger partial charge on any atom is 0.226 e. The molecule has 0 aliphatic rings. The molecular weight excluding hydrogens is 200 g/mol. The number of Topliss-reactive ketones (excluding diaryl/α,β-unsaturated/α-hetero) is 2. The van der Waals surface area contributed by atoms with Crippen molar-refractivity contribution in [1.82, 2.24) is 5.32 Å². The summed E-state index contributed by atoms with van der Waals surface area (Å²) in [6.07, 6.45) is -0.0286. The van der Waals surface area contributed by atoms with Crippen LogP contribution >= 0.6 is 0 Å². The van der Waals surface area contributed by atoms with Gasteiger partial charge in [0.15, 0.2) is 5.78 Å². The number of nitrogens with two attached hydrogens (primary N) is 1. The van der Waals surface area contributed by atoms with Crippen LogP contribution in [0.15, 0.2) is 0 Å². The summed E-state index contributed by atoms with van der Waals surface area (Å²) in [5, 5.41) is 11.2. The lowest BCUT2D eigenvalue weighted by atomic mass is 10.0. The van der Waals surface area contributed by atoms with E-state index < -0.39 is 18.4 Å². The molecule has 1 amide bonds. The van der Waals surface area contributed by atoms with E-state index in [0.29, 0.717) is 0 Å². The standard InChI is InChI=1S/C9H16N2O4/c1-6(13)2-7(5-12)9(15)11-4-8(14)3-10/h7,12H,2-5,10H2,1H3,(H,11,15)/t7-/m0/s1. The average molecular weight is 216 g/mol. The third kappa shape index (κ3) is 5.92. The van der Waals surface area contributed by atoms with E-state index in [1.165, 1.54) is 6.92 Å². The summed E-state index contributed by atoms with van der Waals surface area (Å²) in [5.74, 6) is -1.78. The Morgan fingerprint density at radius 1 is 1.40 bits per heavy atom. The molecule has 0 heterocycles. The van der Waals surface area contributed by atoms with Gasteiger partial charge in [-0.2, -0.15) is 0 Å². The highest BCUT2D eigenvalue weighted by atomic mass is 16.3. The van der Waals surface area contributed by atoms with Crippen molar-refractivity contribution in [2.45, 2.75) is 13.3 Å². The fourth-order valence-electron chi connectivity index (χ4n) is 0.989. The smallest absolute Gasteiger partial charge is 0.226 e. The first-order valence-corrected chi connectivity index (χ1v) is 4.61. The van der Waals surface area contributed by atoms with Crippen molar-refractivity contribution in [3.05, 3.63) is 0 Å². The van der Waals surface area contributed by atoms with E-state index in [4.69, 9.17) is 10.8 Å². The summed E-state index contributed by atoms with van der Waals surface area (Å²) < 4.78 is 0. The zero-order chi connectivity index (χ0) is 11.8. The molecule has 0 saturated carbocycles. The molecule has 0 fully saturated rings. The lowest BCUT2D eigenvalue weighted by molar-refractivity contribution is -0.131. The van der Waals surface area contributed by atoms with Gasteiger partial charge in [-0.15, -0.1) is 0 Å². The van der Waals surface area contributed by atoms with Gasteiger partial charge < -0.3 is 21.0 Å². The van der Waals surface area contributed by atoms with E-state index in [2.05, 4.69) is 5.32 Å². The zero-order valence-electron chi connectivity index (χ0n) is 8.66. The van der Waals surface area contributed by atoms with Gasteiger partial charge in [-0.3, -0.25) is 9.59 Å². The van der Waals surface area contributed by atoms with Gasteiger partial charge in [0.05, 0.1) is 25.6 Å². The highest BCUT2D eigenvalue weighted by molar-refractivity contribution is 5.90. The SMILES string of the molecule is CC(=O)C[C@@H](CO)C(=O)NCC(=O)CN. The Balaban J connectivity index is 4.04. The van der Waals surface area contributed by atoms with E-state index >= 15 is 0 Å². The predicted octanol–water partition coefficient (Wildman–Crippen LogP) is -1.78. The molecule has 0 aliphatic heterocycles. The number of nitrogens with one attached hydrogen (secondary N) is 1. The van der Waals surface area contributed by atoms with E-state index in [1.54, 1.807) is 0 Å². The minimum atomic E-state index is -0.784. The maximum absolute atomic E-state index is 11.3. The van der Waals surface area contributed by atoms with Crippen molar-refractivity contribution >= 4 is 17.5 Å². The molecule has 0 aromatic carbocycles. The fraction of sp³-hybridized carbons (Fsp3) is 0.667. The van der Waals surface area contributed by atoms with Crippen LogP contribution in [-0.2, 0) is 14.4 Å². The Morgan fingerprint density at radius 3 is 2.40 bits per heavy atom. The van der Waals surface area contributed by atoms with Gasteiger partial charge in [-0.1, -0.05) is 0 Å². The largest absolute Gasteiger partial charge is 0.396 e. The lowest BCUT2D eigenvalue weighted by Crippen LogP contribution is -2.38. The van der Waals surface area contributed by atoms with Gasteiger partial charge in [-0.25, -0.2) is 0 Å². The van der Waals surface area contributed by atoms with Crippen LogP contribution in [0, 0.1) is 5.92 Å². The molecule has 0 aromatic rings. The van der Waals surface area contributed by atoms with Gasteiger partial charge in [0.1, 0.15) is 5.78 Å². The van der Waals surface area contributed by atoms with Gasteiger partial charge in [0.25, 0.3) is 0 Å². The van der Waals surface area contributed by atoms with Gasteiger partial charge >= 0.3 is 0 Å². The molecular formula is C9H16N2O4. The first kappa shape index (κ1) is 13.7. The molecule has 6 heteroatoms. The third-order valence-corrected chi connectivity index (χ3v) is 1.81. The quantitative estimate of drug-likeness (QED) is 0.466. The monoisotopic (exact) mass is 216 g/mol. The first-order chi connectivity index (χ1) is 7.01. The van der Waals surface area contributed by atoms with Gasteiger partial charge in [-0.05, 0) is 6.92 Å². The van der Waals surface area contributed by atoms with Crippen molar-refractivity contribution in [3.8, 4) is 0 Å². The summed E-state index contributed by atoms with van der Waals surface area (Å²) in [6.45, 7) is 0.615. The molecule has 0 saturated heterocycles. The normalized spacial score (nSPS) is 11.9. The van der Waals surface area contributed by atoms with E-state index in [1.807, 2.05) is 0 Å². The Morgan fingerprint density at radius 2 is 2.00 bits per heavy atom. The van der Waals surface area contributed by atoms with Crippen LogP contribution in [0.2, 0.25) is 0 Å². The summed E-state index contributed by atoms with van der Waals surface area (Å²) in [4.78, 5) is 32.8. The predicted molar refractivity (Wildman–Crippen MR) is 52.9 cm³/mol. The molecule has 15 heavy (non-hydrogen) atoms. The minimum absolute atomic E-state index is 0.0286. The molecule has 4 N–H and O–H groups in total. The first-order valence-electron chi connectivity index (χ1n) is 4.61. The van der Waals surface area contributed by atoms with Crippen LogP contribution in [0.25, 0.3) is 0 Å². The Bertz CT molecular complexity index is 252. The summed E-state index contributed by atoms with van der Waals surface area (Å²) in [7, 11) is 0. The van der Waals surface area contributed by atoms with Crippen LogP contribution in [0.4, 0.5) is 0 Å². The molecule has 6 nitrogen and oxygen atoms in total. The summed E-state index contributed by atoms with van der Waals surface area (Å²) >= 11 is 0. The van der Waals surface area contributed by atoms with Crippen LogP contribution in [0.3, 0.4) is 0 Å². The van der Waals surface area contributed by atoms with Crippen molar-refractivity contribution in [3.63, 3.8) is 0 Å². The van der Waals surface area contributed by atoms with Crippen molar-refractivity contribution in [2.75, 3.05) is 19.7 Å². The highest BCUT2D eigenvalue weighted by Crippen LogP contribution is 2.02. The lowest BCUT2D eigenvalue weighted by Gasteiger charge is -2.11. The molecule has 0 spiro atoms. The van der Waals surface area contributed by atoms with Crippen molar-refractivity contribution in [1.29, 1.82) is 0 Å². The average Bonchev–Trinajstić information content (AvgIpc) is 2.21. The van der Waals surface area contributed by atoms with Crippen LogP contribution in [0.5, 0.6) is 0 Å². The summed E-state index contributed by atoms with van der Waals surface area (Å²) in [5.41, 5.74) is 5.04. The number of carbonyl (C=O) groups is 3. The van der Waals surface area contributed by atoms with Crippen molar-refractivity contribution < 1.29 is 19.5 Å². The Kier molecular flexibility index (Phi) is 6.48. The Hall–Kier alpha value is -1.27. The fourth-order valence-corrected chi connectivity index (χ4v) is 0.989. The molecule has 0 radical (unpaired) electrons. The molecule has 86 valence electrons. The number of ketones is 2. The number of rotatable bonds is 7. The van der Waals surface area contributed by atoms with Crippen LogP contribution < -0.4 is 11.1 Å². The molecule has 0 rings (SSSR count). The molecule has 1 atom stereocenters. The Labute approximate surface area is 87.8 Å². The van der Waals surface area contributed by atoms with E-state index in [9.17, 15) is 14.4 Å². The number of hydrogen-bond donors (Lipinski definition) is 3. The van der Waals surface area contributed by atoms with Crippen LogP contribution in [0.1, 0.15) is 13.3 Å². The molecule has 0 unspecified atom stereocenters. The van der Waals surface area contributed by atoms with E-state index in [-0.39, 0.29) is 31.1 Å². The second kappa shape index (κ2) is 7.08. The number of amides is 1. The molecule has 0 aromatic heterocycles. The number of aliphatic hydroxyl groups is 1. The number of carbonyl (C=O) groups excluding carboxylic acids is 3. The second-order valence-corrected chi connectivity index (χ2v) is 3.25. The highest BCUT2D eigenvalue weighted by Gasteiger charge is 2.19. The number of hydrogen-bond acceptors (Lipinski definition) is 5. The van der Waals surface area contributed by atoms with Gasteiger partial charge in [0.2, 0.25) is 5.91 Å². The minimum Gasteiger partial charge on any atom is -0.396 e. The van der Waals surface area contributed by atoms with E-state index in [0.717, 1.165) is 0 Å². The molecule has 0 bridgehead atoms. The maximum atomic E-state index is 11.3. The zero-order valence-corrected chi connectivity index (χ0v) is 8.66. The van der Waals surface area contributed by atoms with Crippen LogP contribution in [-0.4, -0.2) is 42.3 Å².